The van der Waals surface area contributed by atoms with Crippen LogP contribution in [0.25, 0.3) is 0 Å². The highest BCUT2D eigenvalue weighted by molar-refractivity contribution is 6.35. The van der Waals surface area contributed by atoms with Crippen molar-refractivity contribution in [3.63, 3.8) is 0 Å². The number of rotatable bonds is 5. The number of piperazine rings is 1. The van der Waals surface area contributed by atoms with E-state index in [2.05, 4.69) is 12.2 Å². The van der Waals surface area contributed by atoms with Crippen LogP contribution in [0, 0.1) is 5.92 Å². The lowest BCUT2D eigenvalue weighted by atomic mass is 9.97. The number of nitrogens with zero attached hydrogens (tertiary/aromatic N) is 2. The summed E-state index contributed by atoms with van der Waals surface area (Å²) in [6.07, 6.45) is 5.07. The average molecular weight is 267 g/mol. The molecular formula is C14H25N3O2. The van der Waals surface area contributed by atoms with Crippen molar-refractivity contribution in [1.29, 1.82) is 0 Å². The van der Waals surface area contributed by atoms with Crippen molar-refractivity contribution in [1.82, 2.24) is 15.1 Å². The molecule has 1 aliphatic heterocycles. The summed E-state index contributed by atoms with van der Waals surface area (Å²) in [5, 5.41) is 3.50. The molecule has 1 N–H and O–H groups in total. The van der Waals surface area contributed by atoms with Gasteiger partial charge in [0.2, 0.25) is 0 Å². The summed E-state index contributed by atoms with van der Waals surface area (Å²) in [5.74, 6) is -0.0509. The Bertz CT molecular complexity index is 340. The number of carbonyl (C=O) groups excluding carboxylic acids is 2. The van der Waals surface area contributed by atoms with Crippen molar-refractivity contribution in [2.75, 3.05) is 33.2 Å². The molecule has 5 heteroatoms. The molecule has 108 valence electrons. The third kappa shape index (κ3) is 3.26. The second kappa shape index (κ2) is 6.37. The number of hydrogen-bond donors (Lipinski definition) is 1. The lowest BCUT2D eigenvalue weighted by Crippen LogP contribution is -2.56. The average Bonchev–Trinajstić information content (AvgIpc) is 2.92. The Morgan fingerprint density at radius 1 is 1.21 bits per heavy atom. The minimum Gasteiger partial charge on any atom is -0.336 e. The predicted molar refractivity (Wildman–Crippen MR) is 73.6 cm³/mol. The van der Waals surface area contributed by atoms with Crippen molar-refractivity contribution in [3.05, 3.63) is 0 Å². The summed E-state index contributed by atoms with van der Waals surface area (Å²) in [6.45, 7) is 5.00. The molecule has 1 saturated heterocycles. The van der Waals surface area contributed by atoms with Crippen LogP contribution in [-0.4, -0.2) is 60.9 Å². The van der Waals surface area contributed by atoms with Crippen molar-refractivity contribution in [2.45, 2.75) is 38.6 Å². The van der Waals surface area contributed by atoms with Crippen LogP contribution < -0.4 is 5.32 Å². The number of hydrogen-bond acceptors (Lipinski definition) is 3. The maximum absolute atomic E-state index is 12.0. The molecule has 2 aliphatic rings. The fourth-order valence-corrected chi connectivity index (χ4v) is 3.19. The first-order chi connectivity index (χ1) is 9.13. The molecule has 0 aromatic carbocycles. The van der Waals surface area contributed by atoms with Crippen LogP contribution in [0.5, 0.6) is 0 Å². The first-order valence-corrected chi connectivity index (χ1v) is 7.41. The van der Waals surface area contributed by atoms with Gasteiger partial charge in [-0.25, -0.2) is 0 Å². The van der Waals surface area contributed by atoms with Crippen LogP contribution >= 0.6 is 0 Å². The van der Waals surface area contributed by atoms with Crippen molar-refractivity contribution >= 4 is 11.8 Å². The number of amides is 2. The third-order valence-corrected chi connectivity index (χ3v) is 4.37. The minimum atomic E-state index is -0.368. The quantitative estimate of drug-likeness (QED) is 0.736. The lowest BCUT2D eigenvalue weighted by molar-refractivity contribution is -0.155. The number of carbonyl (C=O) groups is 2. The molecule has 19 heavy (non-hydrogen) atoms. The van der Waals surface area contributed by atoms with Gasteiger partial charge < -0.3 is 15.1 Å². The molecule has 1 aliphatic carbocycles. The summed E-state index contributed by atoms with van der Waals surface area (Å²) in [7, 11) is 1.69. The monoisotopic (exact) mass is 267 g/mol. The molecule has 1 atom stereocenters. The van der Waals surface area contributed by atoms with Crippen LogP contribution in [-0.2, 0) is 9.59 Å². The van der Waals surface area contributed by atoms with Crippen LogP contribution in [0.15, 0.2) is 0 Å². The summed E-state index contributed by atoms with van der Waals surface area (Å²) >= 11 is 0. The molecule has 1 heterocycles. The molecule has 0 bridgehead atoms. The number of likely N-dealkylation sites (N-methyl/N-ethyl adjacent to an activating group) is 2. The van der Waals surface area contributed by atoms with Crippen LogP contribution in [0.3, 0.4) is 0 Å². The van der Waals surface area contributed by atoms with Crippen LogP contribution in [0.2, 0.25) is 0 Å². The Kier molecular flexibility index (Phi) is 4.80. The summed E-state index contributed by atoms with van der Waals surface area (Å²) in [6, 6.07) is 0.340. The second-order valence-electron chi connectivity index (χ2n) is 5.69. The van der Waals surface area contributed by atoms with E-state index in [1.807, 2.05) is 0 Å². The maximum Gasteiger partial charge on any atom is 0.312 e. The molecule has 0 radical (unpaired) electrons. The van der Waals surface area contributed by atoms with E-state index in [4.69, 9.17) is 0 Å². The van der Waals surface area contributed by atoms with Gasteiger partial charge in [-0.15, -0.1) is 0 Å². The second-order valence-corrected chi connectivity index (χ2v) is 5.69. The van der Waals surface area contributed by atoms with Crippen molar-refractivity contribution in [2.24, 2.45) is 5.92 Å². The maximum atomic E-state index is 12.0. The molecule has 0 aromatic rings. The Hall–Kier alpha value is -1.10. The van der Waals surface area contributed by atoms with E-state index in [9.17, 15) is 9.59 Å². The highest BCUT2D eigenvalue weighted by Crippen LogP contribution is 2.28. The smallest absolute Gasteiger partial charge is 0.312 e. The normalized spacial score (nSPS) is 23.3. The lowest BCUT2D eigenvalue weighted by Gasteiger charge is -2.35. The van der Waals surface area contributed by atoms with Gasteiger partial charge in [-0.2, -0.15) is 0 Å². The fourth-order valence-electron chi connectivity index (χ4n) is 3.19. The van der Waals surface area contributed by atoms with E-state index in [1.54, 1.807) is 11.9 Å². The molecule has 5 nitrogen and oxygen atoms in total. The van der Waals surface area contributed by atoms with E-state index in [0.29, 0.717) is 31.6 Å². The summed E-state index contributed by atoms with van der Waals surface area (Å²) in [5.41, 5.74) is 0. The van der Waals surface area contributed by atoms with Gasteiger partial charge in [-0.05, 0) is 25.3 Å². The third-order valence-electron chi connectivity index (χ3n) is 4.37. The minimum absolute atomic E-state index is 0.338. The van der Waals surface area contributed by atoms with Gasteiger partial charge in [0.05, 0.1) is 0 Å². The Morgan fingerprint density at radius 3 is 2.53 bits per heavy atom. The summed E-state index contributed by atoms with van der Waals surface area (Å²) < 4.78 is 0. The summed E-state index contributed by atoms with van der Waals surface area (Å²) in [4.78, 5) is 26.9. The van der Waals surface area contributed by atoms with E-state index < -0.39 is 0 Å². The molecular weight excluding hydrogens is 242 g/mol. The molecule has 2 rings (SSSR count). The van der Waals surface area contributed by atoms with Crippen LogP contribution in [0.1, 0.15) is 32.6 Å². The zero-order chi connectivity index (χ0) is 13.8. The molecule has 1 unspecified atom stereocenters. The van der Waals surface area contributed by atoms with Crippen molar-refractivity contribution in [3.8, 4) is 0 Å². The molecule has 2 fully saturated rings. The predicted octanol–water partition coefficient (Wildman–Crippen LogP) is 0.455. The van der Waals surface area contributed by atoms with E-state index in [0.717, 1.165) is 6.54 Å². The topological polar surface area (TPSA) is 52.6 Å². The SMILES string of the molecule is CCNC(CN1CCN(C)C(=O)C1=O)C1CCCC1. The number of nitrogens with one attached hydrogen (secondary N) is 1. The van der Waals surface area contributed by atoms with Gasteiger partial charge in [0.1, 0.15) is 0 Å². The molecule has 0 aromatic heterocycles. The largest absolute Gasteiger partial charge is 0.336 e. The molecule has 0 spiro atoms. The van der Waals surface area contributed by atoms with Crippen LogP contribution in [0.4, 0.5) is 0 Å². The fraction of sp³-hybridized carbons (Fsp3) is 0.857. The standard InChI is InChI=1S/C14H25N3O2/c1-3-15-12(11-6-4-5-7-11)10-17-9-8-16(2)13(18)14(17)19/h11-12,15H,3-10H2,1-2H3. The highest BCUT2D eigenvalue weighted by Gasteiger charge is 2.33. The Labute approximate surface area is 115 Å². The van der Waals surface area contributed by atoms with E-state index in [1.165, 1.54) is 30.6 Å². The Balaban J connectivity index is 1.96. The van der Waals surface area contributed by atoms with Gasteiger partial charge in [0.25, 0.3) is 0 Å². The zero-order valence-electron chi connectivity index (χ0n) is 12.0. The van der Waals surface area contributed by atoms with Gasteiger partial charge in [0, 0.05) is 32.7 Å². The zero-order valence-corrected chi connectivity index (χ0v) is 12.0. The van der Waals surface area contributed by atoms with E-state index in [-0.39, 0.29) is 11.8 Å². The van der Waals surface area contributed by atoms with Gasteiger partial charge in [-0.1, -0.05) is 19.8 Å². The van der Waals surface area contributed by atoms with Gasteiger partial charge >= 0.3 is 11.8 Å². The Morgan fingerprint density at radius 2 is 1.89 bits per heavy atom. The molecule has 2 amide bonds. The van der Waals surface area contributed by atoms with E-state index >= 15 is 0 Å². The first kappa shape index (κ1) is 14.3. The molecule has 1 saturated carbocycles. The first-order valence-electron chi connectivity index (χ1n) is 7.41. The highest BCUT2D eigenvalue weighted by atomic mass is 16.2. The van der Waals surface area contributed by atoms with Gasteiger partial charge in [0.15, 0.2) is 0 Å². The van der Waals surface area contributed by atoms with Crippen molar-refractivity contribution < 1.29 is 9.59 Å². The van der Waals surface area contributed by atoms with Gasteiger partial charge in [-0.3, -0.25) is 9.59 Å².